The molecule has 1 aromatic heterocycles. The lowest BCUT2D eigenvalue weighted by Gasteiger charge is -2.14. The Morgan fingerprint density at radius 2 is 1.74 bits per heavy atom. The van der Waals surface area contributed by atoms with Crippen LogP contribution in [0.15, 0.2) is 64.7 Å². The molecule has 9 heteroatoms. The zero-order valence-electron chi connectivity index (χ0n) is 16.9. The van der Waals surface area contributed by atoms with Gasteiger partial charge in [-0.1, -0.05) is 12.1 Å². The number of hydrogen-bond acceptors (Lipinski definition) is 6. The SMILES string of the molecule is CCn1c(Cc2ccc(OC)cc2)nnc1SC1=CC(=O)N(c2ccc(F)cc2)C1=O. The average Bonchev–Trinajstić information content (AvgIpc) is 3.28. The van der Waals surface area contributed by atoms with E-state index < -0.39 is 17.6 Å². The van der Waals surface area contributed by atoms with E-state index >= 15 is 0 Å². The molecule has 0 bridgehead atoms. The summed E-state index contributed by atoms with van der Waals surface area (Å²) in [5.41, 5.74) is 1.37. The van der Waals surface area contributed by atoms with Gasteiger partial charge in [0.05, 0.1) is 17.7 Å². The minimum atomic E-state index is -0.472. The first-order chi connectivity index (χ1) is 15.0. The molecule has 0 unspecified atom stereocenters. The Bertz CT molecular complexity index is 1160. The van der Waals surface area contributed by atoms with Crippen LogP contribution in [-0.2, 0) is 22.6 Å². The number of carbonyl (C=O) groups excluding carboxylic acids is 2. The zero-order valence-corrected chi connectivity index (χ0v) is 17.7. The minimum absolute atomic E-state index is 0.243. The van der Waals surface area contributed by atoms with Gasteiger partial charge in [0.1, 0.15) is 17.4 Å². The number of thioether (sulfide) groups is 1. The van der Waals surface area contributed by atoms with Crippen molar-refractivity contribution in [2.24, 2.45) is 0 Å². The molecule has 4 rings (SSSR count). The number of ether oxygens (including phenoxy) is 1. The molecule has 3 aromatic rings. The Kier molecular flexibility index (Phi) is 5.85. The predicted molar refractivity (Wildman–Crippen MR) is 114 cm³/mol. The van der Waals surface area contributed by atoms with Gasteiger partial charge >= 0.3 is 0 Å². The highest BCUT2D eigenvalue weighted by Gasteiger charge is 2.34. The lowest BCUT2D eigenvalue weighted by molar-refractivity contribution is -0.120. The number of anilines is 1. The number of aromatic nitrogens is 3. The van der Waals surface area contributed by atoms with E-state index in [0.29, 0.717) is 23.8 Å². The van der Waals surface area contributed by atoms with Crippen LogP contribution in [0.1, 0.15) is 18.3 Å². The number of amides is 2. The van der Waals surface area contributed by atoms with Crippen LogP contribution >= 0.6 is 11.8 Å². The molecule has 2 aromatic carbocycles. The van der Waals surface area contributed by atoms with E-state index in [1.54, 1.807) is 7.11 Å². The van der Waals surface area contributed by atoms with Crippen molar-refractivity contribution in [3.8, 4) is 5.75 Å². The Balaban J connectivity index is 1.52. The Labute approximate surface area is 182 Å². The highest BCUT2D eigenvalue weighted by molar-refractivity contribution is 8.04. The van der Waals surface area contributed by atoms with E-state index in [4.69, 9.17) is 4.74 Å². The van der Waals surface area contributed by atoms with Crippen molar-refractivity contribution in [1.29, 1.82) is 0 Å². The molecule has 0 spiro atoms. The predicted octanol–water partition coefficient (Wildman–Crippen LogP) is 3.59. The number of nitrogens with zero attached hydrogens (tertiary/aromatic N) is 4. The van der Waals surface area contributed by atoms with Crippen molar-refractivity contribution in [2.75, 3.05) is 12.0 Å². The molecule has 158 valence electrons. The maximum absolute atomic E-state index is 13.2. The summed E-state index contributed by atoms with van der Waals surface area (Å²) in [6.45, 7) is 2.57. The summed E-state index contributed by atoms with van der Waals surface area (Å²) in [6.07, 6.45) is 1.84. The summed E-state index contributed by atoms with van der Waals surface area (Å²) in [7, 11) is 1.62. The molecular weight excluding hydrogens is 419 g/mol. The van der Waals surface area contributed by atoms with Gasteiger partial charge in [0, 0.05) is 19.0 Å². The van der Waals surface area contributed by atoms with Gasteiger partial charge in [-0.25, -0.2) is 9.29 Å². The van der Waals surface area contributed by atoms with Crippen LogP contribution in [0.2, 0.25) is 0 Å². The fourth-order valence-corrected chi connectivity index (χ4v) is 4.19. The number of halogens is 1. The van der Waals surface area contributed by atoms with Gasteiger partial charge in [-0.05, 0) is 60.6 Å². The Morgan fingerprint density at radius 3 is 2.39 bits per heavy atom. The lowest BCUT2D eigenvalue weighted by atomic mass is 10.1. The van der Waals surface area contributed by atoms with Gasteiger partial charge in [-0.2, -0.15) is 0 Å². The molecular formula is C22H19FN4O3S. The van der Waals surface area contributed by atoms with Crippen molar-refractivity contribution < 1.29 is 18.7 Å². The fraction of sp³-hybridized carbons (Fsp3) is 0.182. The highest BCUT2D eigenvalue weighted by atomic mass is 32.2. The summed E-state index contributed by atoms with van der Waals surface area (Å²) < 4.78 is 20.3. The van der Waals surface area contributed by atoms with Crippen molar-refractivity contribution in [3.05, 3.63) is 76.7 Å². The van der Waals surface area contributed by atoms with Crippen LogP contribution in [0.25, 0.3) is 0 Å². The molecule has 0 N–H and O–H groups in total. The largest absolute Gasteiger partial charge is 0.497 e. The smallest absolute Gasteiger partial charge is 0.272 e. The maximum Gasteiger partial charge on any atom is 0.272 e. The van der Waals surface area contributed by atoms with Crippen LogP contribution in [-0.4, -0.2) is 33.7 Å². The van der Waals surface area contributed by atoms with Crippen molar-refractivity contribution in [1.82, 2.24) is 14.8 Å². The molecule has 2 heterocycles. The summed E-state index contributed by atoms with van der Waals surface area (Å²) in [5.74, 6) is 0.150. The van der Waals surface area contributed by atoms with Crippen molar-refractivity contribution in [3.63, 3.8) is 0 Å². The third-order valence-corrected chi connectivity index (χ3v) is 5.80. The summed E-state index contributed by atoms with van der Waals surface area (Å²) in [4.78, 5) is 26.5. The van der Waals surface area contributed by atoms with E-state index in [9.17, 15) is 14.0 Å². The first-order valence-electron chi connectivity index (χ1n) is 9.58. The third-order valence-electron chi connectivity index (χ3n) is 4.81. The Morgan fingerprint density at radius 1 is 1.03 bits per heavy atom. The number of carbonyl (C=O) groups is 2. The number of hydrogen-bond donors (Lipinski definition) is 0. The molecule has 7 nitrogen and oxygen atoms in total. The molecule has 0 atom stereocenters. The maximum atomic E-state index is 13.2. The van der Waals surface area contributed by atoms with Gasteiger partial charge in [0.15, 0.2) is 5.16 Å². The van der Waals surface area contributed by atoms with Crippen LogP contribution in [0.5, 0.6) is 5.75 Å². The molecule has 31 heavy (non-hydrogen) atoms. The second-order valence-corrected chi connectivity index (χ2v) is 7.74. The Hall–Kier alpha value is -3.46. The normalized spacial score (nSPS) is 13.6. The number of benzene rings is 2. The summed E-state index contributed by atoms with van der Waals surface area (Å²) >= 11 is 1.10. The van der Waals surface area contributed by atoms with E-state index in [1.165, 1.54) is 30.3 Å². The first-order valence-corrected chi connectivity index (χ1v) is 10.4. The second kappa shape index (κ2) is 8.73. The summed E-state index contributed by atoms with van der Waals surface area (Å²) in [6, 6.07) is 12.9. The molecule has 0 saturated carbocycles. The number of rotatable bonds is 7. The second-order valence-electron chi connectivity index (χ2n) is 6.73. The van der Waals surface area contributed by atoms with Gasteiger partial charge in [0.25, 0.3) is 11.8 Å². The van der Waals surface area contributed by atoms with Gasteiger partial charge in [-0.3, -0.25) is 9.59 Å². The van der Waals surface area contributed by atoms with Gasteiger partial charge in [0.2, 0.25) is 0 Å². The standard InChI is InChI=1S/C22H19FN4O3S/c1-3-26-19(12-14-4-10-17(30-2)11-5-14)24-25-22(26)31-18-13-20(28)27(21(18)29)16-8-6-15(23)7-9-16/h4-11,13H,3,12H2,1-2H3. The minimum Gasteiger partial charge on any atom is -0.497 e. The number of imide groups is 1. The molecule has 0 radical (unpaired) electrons. The first kappa shape index (κ1) is 20.8. The topological polar surface area (TPSA) is 77.3 Å². The van der Waals surface area contributed by atoms with E-state index in [-0.39, 0.29) is 4.91 Å². The zero-order chi connectivity index (χ0) is 22.0. The van der Waals surface area contributed by atoms with Crippen LogP contribution in [0.3, 0.4) is 0 Å². The summed E-state index contributed by atoms with van der Waals surface area (Å²) in [5, 5.41) is 9.04. The number of methoxy groups -OCH3 is 1. The molecule has 0 aliphatic carbocycles. The molecule has 2 amide bonds. The molecule has 0 fully saturated rings. The van der Waals surface area contributed by atoms with Crippen molar-refractivity contribution in [2.45, 2.75) is 25.0 Å². The van der Waals surface area contributed by atoms with Crippen LogP contribution in [0, 0.1) is 5.82 Å². The fourth-order valence-electron chi connectivity index (χ4n) is 3.22. The lowest BCUT2D eigenvalue weighted by Crippen LogP contribution is -2.30. The van der Waals surface area contributed by atoms with E-state index in [1.807, 2.05) is 35.8 Å². The monoisotopic (exact) mass is 438 g/mol. The van der Waals surface area contributed by atoms with Crippen LogP contribution in [0.4, 0.5) is 10.1 Å². The van der Waals surface area contributed by atoms with E-state index in [2.05, 4.69) is 10.2 Å². The van der Waals surface area contributed by atoms with Crippen molar-refractivity contribution >= 4 is 29.3 Å². The third kappa shape index (κ3) is 4.22. The van der Waals surface area contributed by atoms with Gasteiger partial charge < -0.3 is 9.30 Å². The highest BCUT2D eigenvalue weighted by Crippen LogP contribution is 2.33. The van der Waals surface area contributed by atoms with E-state index in [0.717, 1.165) is 33.8 Å². The van der Waals surface area contributed by atoms with Gasteiger partial charge in [-0.15, -0.1) is 10.2 Å². The molecule has 0 saturated heterocycles. The molecule has 1 aliphatic heterocycles. The molecule has 1 aliphatic rings. The quantitative estimate of drug-likeness (QED) is 0.525. The average molecular weight is 438 g/mol. The van der Waals surface area contributed by atoms with Crippen LogP contribution < -0.4 is 9.64 Å².